The molecule has 1 heterocycles. The Balaban J connectivity index is 1.79. The summed E-state index contributed by atoms with van der Waals surface area (Å²) in [7, 11) is 2.06. The lowest BCUT2D eigenvalue weighted by Crippen LogP contribution is -2.54. The quantitative estimate of drug-likeness (QED) is 0.693. The molecule has 0 radical (unpaired) electrons. The van der Waals surface area contributed by atoms with Gasteiger partial charge in [-0.2, -0.15) is 0 Å². The van der Waals surface area contributed by atoms with Crippen molar-refractivity contribution >= 4 is 10.0 Å². The van der Waals surface area contributed by atoms with Gasteiger partial charge in [0.25, 0.3) is 0 Å². The van der Waals surface area contributed by atoms with E-state index < -0.39 is 15.6 Å². The lowest BCUT2D eigenvalue weighted by Gasteiger charge is -2.45. The highest BCUT2D eigenvalue weighted by Crippen LogP contribution is 2.39. The molecule has 2 aromatic carbocycles. The number of hydrogen-bond acceptors (Lipinski definition) is 5. The van der Waals surface area contributed by atoms with Crippen LogP contribution in [0.1, 0.15) is 17.5 Å². The topological polar surface area (TPSA) is 70.1 Å². The van der Waals surface area contributed by atoms with Gasteiger partial charge < -0.3 is 14.7 Å². The molecular weight excluding hydrogens is 400 g/mol. The molecule has 7 heteroatoms. The number of ether oxygens (including phenoxy) is 1. The maximum Gasteiger partial charge on any atom is 0.214 e. The van der Waals surface area contributed by atoms with Gasteiger partial charge in [0.05, 0.1) is 18.5 Å². The van der Waals surface area contributed by atoms with Gasteiger partial charge in [0.1, 0.15) is 5.75 Å². The van der Waals surface area contributed by atoms with Crippen LogP contribution in [-0.4, -0.2) is 69.3 Å². The highest BCUT2D eigenvalue weighted by Gasteiger charge is 2.45. The number of rotatable bonds is 8. The standard InChI is InChI=1S/C23H32N2O4S/c1-24(2)17-21-18-25(30(27,28)15-12-19-8-5-4-6-9-19)14-13-23(21,26)20-10-7-11-22(16-20)29-3/h4-11,16,21,26H,12-15,17-18H2,1-3H3. The Morgan fingerprint density at radius 1 is 1.17 bits per heavy atom. The average molecular weight is 433 g/mol. The normalized spacial score (nSPS) is 22.9. The van der Waals surface area contributed by atoms with Gasteiger partial charge in [0.15, 0.2) is 0 Å². The number of nitrogens with zero attached hydrogens (tertiary/aromatic N) is 2. The first-order chi connectivity index (χ1) is 14.2. The zero-order valence-corrected chi connectivity index (χ0v) is 18.8. The van der Waals surface area contributed by atoms with Gasteiger partial charge in [0, 0.05) is 25.6 Å². The second-order valence-electron chi connectivity index (χ2n) is 8.28. The summed E-state index contributed by atoms with van der Waals surface area (Å²) in [6.45, 7) is 1.18. The van der Waals surface area contributed by atoms with E-state index in [1.807, 2.05) is 73.6 Å². The van der Waals surface area contributed by atoms with Gasteiger partial charge >= 0.3 is 0 Å². The van der Waals surface area contributed by atoms with Gasteiger partial charge in [-0.15, -0.1) is 0 Å². The molecule has 1 saturated heterocycles. The summed E-state index contributed by atoms with van der Waals surface area (Å²) in [5.74, 6) is 0.505. The van der Waals surface area contributed by atoms with Gasteiger partial charge in [-0.1, -0.05) is 42.5 Å². The maximum atomic E-state index is 13.0. The Morgan fingerprint density at radius 2 is 1.90 bits per heavy atom. The van der Waals surface area contributed by atoms with Gasteiger partial charge in [-0.05, 0) is 50.2 Å². The molecule has 1 aliphatic heterocycles. The van der Waals surface area contributed by atoms with E-state index in [1.165, 1.54) is 0 Å². The molecule has 0 saturated carbocycles. The van der Waals surface area contributed by atoms with Crippen molar-refractivity contribution in [3.63, 3.8) is 0 Å². The molecule has 3 rings (SSSR count). The van der Waals surface area contributed by atoms with Gasteiger partial charge in [-0.3, -0.25) is 0 Å². The number of aliphatic hydroxyl groups is 1. The zero-order valence-electron chi connectivity index (χ0n) is 18.0. The van der Waals surface area contributed by atoms with Crippen LogP contribution < -0.4 is 4.74 Å². The van der Waals surface area contributed by atoms with Crippen LogP contribution in [-0.2, 0) is 22.0 Å². The van der Waals surface area contributed by atoms with Crippen LogP contribution in [0, 0.1) is 5.92 Å². The monoisotopic (exact) mass is 432 g/mol. The Morgan fingerprint density at radius 3 is 2.57 bits per heavy atom. The van der Waals surface area contributed by atoms with E-state index in [0.29, 0.717) is 38.2 Å². The fraction of sp³-hybridized carbons (Fsp3) is 0.478. The van der Waals surface area contributed by atoms with Crippen molar-refractivity contribution in [3.05, 3.63) is 65.7 Å². The molecule has 1 fully saturated rings. The minimum atomic E-state index is -3.42. The third-order valence-electron chi connectivity index (χ3n) is 5.88. The molecule has 1 N–H and O–H groups in total. The zero-order chi connectivity index (χ0) is 21.8. The van der Waals surface area contributed by atoms with Crippen molar-refractivity contribution in [2.75, 3.05) is 46.6 Å². The number of methoxy groups -OCH3 is 1. The molecule has 0 amide bonds. The van der Waals surface area contributed by atoms with Crippen molar-refractivity contribution < 1.29 is 18.3 Å². The summed E-state index contributed by atoms with van der Waals surface area (Å²) >= 11 is 0. The SMILES string of the molecule is COc1cccc(C2(O)CCN(S(=O)(=O)CCc3ccccc3)CC2CN(C)C)c1. The highest BCUT2D eigenvalue weighted by atomic mass is 32.2. The van der Waals surface area contributed by atoms with Gasteiger partial charge in [0.2, 0.25) is 10.0 Å². The number of benzene rings is 2. The lowest BCUT2D eigenvalue weighted by atomic mass is 9.76. The van der Waals surface area contributed by atoms with Crippen molar-refractivity contribution in [1.82, 2.24) is 9.21 Å². The van der Waals surface area contributed by atoms with Crippen LogP contribution in [0.25, 0.3) is 0 Å². The van der Waals surface area contributed by atoms with Crippen LogP contribution in [0.2, 0.25) is 0 Å². The Kier molecular flexibility index (Phi) is 7.18. The molecule has 2 aromatic rings. The number of hydrogen-bond donors (Lipinski definition) is 1. The van der Waals surface area contributed by atoms with Crippen molar-refractivity contribution in [2.45, 2.75) is 18.4 Å². The third-order valence-corrected chi connectivity index (χ3v) is 7.72. The summed E-state index contributed by atoms with van der Waals surface area (Å²) in [4.78, 5) is 2.00. The summed E-state index contributed by atoms with van der Waals surface area (Å²) in [5.41, 5.74) is 0.676. The lowest BCUT2D eigenvalue weighted by molar-refractivity contribution is -0.0698. The Labute approximate surface area is 180 Å². The predicted molar refractivity (Wildman–Crippen MR) is 119 cm³/mol. The number of aryl methyl sites for hydroxylation is 1. The van der Waals surface area contributed by atoms with Crippen molar-refractivity contribution in [1.29, 1.82) is 0 Å². The minimum Gasteiger partial charge on any atom is -0.497 e. The summed E-state index contributed by atoms with van der Waals surface area (Å²) in [6.07, 6.45) is 0.835. The molecule has 0 spiro atoms. The fourth-order valence-corrected chi connectivity index (χ4v) is 5.71. The summed E-state index contributed by atoms with van der Waals surface area (Å²) < 4.78 is 33.0. The van der Waals surface area contributed by atoms with Gasteiger partial charge in [-0.25, -0.2) is 12.7 Å². The third kappa shape index (κ3) is 5.21. The second-order valence-corrected chi connectivity index (χ2v) is 10.4. The average Bonchev–Trinajstić information content (AvgIpc) is 2.74. The van der Waals surface area contributed by atoms with Crippen molar-refractivity contribution in [3.8, 4) is 5.75 Å². The highest BCUT2D eigenvalue weighted by molar-refractivity contribution is 7.89. The largest absolute Gasteiger partial charge is 0.497 e. The van der Waals surface area contributed by atoms with E-state index in [4.69, 9.17) is 4.74 Å². The van der Waals surface area contributed by atoms with E-state index in [1.54, 1.807) is 11.4 Å². The first-order valence-electron chi connectivity index (χ1n) is 10.3. The van der Waals surface area contributed by atoms with E-state index in [0.717, 1.165) is 11.1 Å². The first kappa shape index (κ1) is 22.7. The first-order valence-corrected chi connectivity index (χ1v) is 11.9. The molecule has 2 atom stereocenters. The molecular formula is C23H32N2O4S. The molecule has 0 aliphatic carbocycles. The fourth-order valence-electron chi connectivity index (χ4n) is 4.18. The Bertz CT molecular complexity index is 933. The van der Waals surface area contributed by atoms with E-state index in [9.17, 15) is 13.5 Å². The molecule has 2 unspecified atom stereocenters. The molecule has 0 bridgehead atoms. The van der Waals surface area contributed by atoms with Crippen LogP contribution in [0.3, 0.4) is 0 Å². The van der Waals surface area contributed by atoms with E-state index in [2.05, 4.69) is 0 Å². The summed E-state index contributed by atoms with van der Waals surface area (Å²) in [6, 6.07) is 17.1. The van der Waals surface area contributed by atoms with Crippen molar-refractivity contribution in [2.24, 2.45) is 5.92 Å². The summed E-state index contributed by atoms with van der Waals surface area (Å²) in [5, 5.41) is 11.7. The minimum absolute atomic E-state index is 0.0727. The van der Waals surface area contributed by atoms with Crippen LogP contribution in [0.4, 0.5) is 0 Å². The molecule has 30 heavy (non-hydrogen) atoms. The second kappa shape index (κ2) is 9.47. The van der Waals surface area contributed by atoms with Crippen LogP contribution in [0.15, 0.2) is 54.6 Å². The molecule has 0 aromatic heterocycles. The number of piperidine rings is 1. The predicted octanol–water partition coefficient (Wildman–Crippen LogP) is 2.34. The van der Waals surface area contributed by atoms with E-state index >= 15 is 0 Å². The molecule has 1 aliphatic rings. The smallest absolute Gasteiger partial charge is 0.214 e. The Hall–Kier alpha value is -1.93. The van der Waals surface area contributed by atoms with Crippen LogP contribution >= 0.6 is 0 Å². The maximum absolute atomic E-state index is 13.0. The number of sulfonamides is 1. The van der Waals surface area contributed by atoms with E-state index in [-0.39, 0.29) is 11.7 Å². The van der Waals surface area contributed by atoms with Crippen LogP contribution in [0.5, 0.6) is 5.75 Å². The molecule has 164 valence electrons. The molecule has 6 nitrogen and oxygen atoms in total.